The molecule has 0 aliphatic carbocycles. The van der Waals surface area contributed by atoms with Crippen molar-refractivity contribution in [3.05, 3.63) is 47.7 Å². The van der Waals surface area contributed by atoms with Gasteiger partial charge in [-0.1, -0.05) is 29.8 Å². The number of fused-ring (bicyclic) bond motifs is 1. The third-order valence-corrected chi connectivity index (χ3v) is 2.93. The molecule has 0 aliphatic heterocycles. The van der Waals surface area contributed by atoms with Crippen molar-refractivity contribution in [1.82, 2.24) is 15.0 Å². The number of hydrogen-bond acceptors (Lipinski definition) is 2. The SMILES string of the molecule is Cc1ccc(-c2nc3nccc(C)c3[nH]2)cc1. The van der Waals surface area contributed by atoms with Crippen LogP contribution in [0.4, 0.5) is 0 Å². The fraction of sp³-hybridized carbons (Fsp3) is 0.143. The highest BCUT2D eigenvalue weighted by Crippen LogP contribution is 2.21. The van der Waals surface area contributed by atoms with E-state index in [0.29, 0.717) is 0 Å². The third kappa shape index (κ3) is 1.69. The molecule has 0 atom stereocenters. The number of rotatable bonds is 1. The molecule has 84 valence electrons. The van der Waals surface area contributed by atoms with E-state index in [0.717, 1.165) is 22.6 Å². The van der Waals surface area contributed by atoms with Crippen LogP contribution >= 0.6 is 0 Å². The van der Waals surface area contributed by atoms with E-state index in [9.17, 15) is 0 Å². The Morgan fingerprint density at radius 1 is 1.00 bits per heavy atom. The molecule has 0 amide bonds. The van der Waals surface area contributed by atoms with Crippen LogP contribution in [0.3, 0.4) is 0 Å². The lowest BCUT2D eigenvalue weighted by Gasteiger charge is -1.96. The lowest BCUT2D eigenvalue weighted by atomic mass is 10.1. The first-order valence-corrected chi connectivity index (χ1v) is 5.62. The Morgan fingerprint density at radius 3 is 2.47 bits per heavy atom. The maximum absolute atomic E-state index is 4.51. The summed E-state index contributed by atoms with van der Waals surface area (Å²) in [5.74, 6) is 0.877. The second-order valence-electron chi connectivity index (χ2n) is 4.28. The first-order valence-electron chi connectivity index (χ1n) is 5.62. The minimum Gasteiger partial charge on any atom is -0.336 e. The predicted molar refractivity (Wildman–Crippen MR) is 68.8 cm³/mol. The molecule has 0 fully saturated rings. The van der Waals surface area contributed by atoms with Gasteiger partial charge in [-0.15, -0.1) is 0 Å². The normalized spacial score (nSPS) is 10.9. The summed E-state index contributed by atoms with van der Waals surface area (Å²) in [4.78, 5) is 12.1. The second kappa shape index (κ2) is 3.70. The topological polar surface area (TPSA) is 41.6 Å². The molecule has 3 rings (SSSR count). The number of hydrogen-bond donors (Lipinski definition) is 1. The molecule has 0 saturated heterocycles. The average Bonchev–Trinajstić information content (AvgIpc) is 2.75. The molecular formula is C14H13N3. The fourth-order valence-electron chi connectivity index (χ4n) is 1.88. The first-order chi connectivity index (χ1) is 8.24. The maximum Gasteiger partial charge on any atom is 0.178 e. The van der Waals surface area contributed by atoms with Gasteiger partial charge >= 0.3 is 0 Å². The van der Waals surface area contributed by atoms with Crippen molar-refractivity contribution in [2.45, 2.75) is 13.8 Å². The van der Waals surface area contributed by atoms with E-state index < -0.39 is 0 Å². The smallest absolute Gasteiger partial charge is 0.178 e. The van der Waals surface area contributed by atoms with E-state index in [4.69, 9.17) is 0 Å². The Balaban J connectivity index is 2.18. The number of aromatic nitrogens is 3. The molecule has 0 radical (unpaired) electrons. The van der Waals surface area contributed by atoms with Gasteiger partial charge in [0.05, 0.1) is 5.52 Å². The van der Waals surface area contributed by atoms with Crippen molar-refractivity contribution in [1.29, 1.82) is 0 Å². The Kier molecular flexibility index (Phi) is 2.18. The van der Waals surface area contributed by atoms with E-state index in [-0.39, 0.29) is 0 Å². The lowest BCUT2D eigenvalue weighted by Crippen LogP contribution is -1.80. The quantitative estimate of drug-likeness (QED) is 0.688. The van der Waals surface area contributed by atoms with Gasteiger partial charge in [0.25, 0.3) is 0 Å². The van der Waals surface area contributed by atoms with E-state index >= 15 is 0 Å². The number of nitrogens with zero attached hydrogens (tertiary/aromatic N) is 2. The number of aryl methyl sites for hydroxylation is 2. The summed E-state index contributed by atoms with van der Waals surface area (Å²) in [5.41, 5.74) is 5.30. The average molecular weight is 223 g/mol. The van der Waals surface area contributed by atoms with Crippen molar-refractivity contribution in [2.75, 3.05) is 0 Å². The van der Waals surface area contributed by atoms with Crippen LogP contribution in [-0.2, 0) is 0 Å². The van der Waals surface area contributed by atoms with Crippen LogP contribution in [0.15, 0.2) is 36.5 Å². The van der Waals surface area contributed by atoms with Gasteiger partial charge in [-0.05, 0) is 25.5 Å². The molecule has 2 heterocycles. The zero-order chi connectivity index (χ0) is 11.8. The van der Waals surface area contributed by atoms with Gasteiger partial charge in [-0.3, -0.25) is 0 Å². The zero-order valence-electron chi connectivity index (χ0n) is 9.86. The highest BCUT2D eigenvalue weighted by molar-refractivity contribution is 5.78. The molecule has 2 aromatic heterocycles. The molecule has 3 aromatic rings. The summed E-state index contributed by atoms with van der Waals surface area (Å²) in [6.45, 7) is 4.13. The monoisotopic (exact) mass is 223 g/mol. The number of aromatic amines is 1. The molecule has 3 heteroatoms. The molecule has 0 aliphatic rings. The van der Waals surface area contributed by atoms with Gasteiger partial charge in [0.1, 0.15) is 5.82 Å². The molecule has 17 heavy (non-hydrogen) atoms. The minimum atomic E-state index is 0.778. The van der Waals surface area contributed by atoms with Crippen molar-refractivity contribution < 1.29 is 0 Å². The Labute approximate surface area is 99.5 Å². The molecule has 0 unspecified atom stereocenters. The van der Waals surface area contributed by atoms with Crippen LogP contribution in [0.5, 0.6) is 0 Å². The molecule has 1 aromatic carbocycles. The van der Waals surface area contributed by atoms with Gasteiger partial charge in [0, 0.05) is 11.8 Å². The summed E-state index contributed by atoms with van der Waals surface area (Å²) >= 11 is 0. The maximum atomic E-state index is 4.51. The number of pyridine rings is 1. The molecule has 3 nitrogen and oxygen atoms in total. The standard InChI is InChI=1S/C14H13N3/c1-9-3-5-11(6-4-9)13-16-12-10(2)7-8-15-14(12)17-13/h3-8H,1-2H3,(H,15,16,17). The number of nitrogens with one attached hydrogen (secondary N) is 1. The summed E-state index contributed by atoms with van der Waals surface area (Å²) in [5, 5.41) is 0. The van der Waals surface area contributed by atoms with Gasteiger partial charge in [0.2, 0.25) is 0 Å². The van der Waals surface area contributed by atoms with E-state index in [2.05, 4.69) is 53.1 Å². The van der Waals surface area contributed by atoms with Crippen molar-refractivity contribution in [3.63, 3.8) is 0 Å². The number of benzene rings is 1. The van der Waals surface area contributed by atoms with Crippen LogP contribution in [0, 0.1) is 13.8 Å². The van der Waals surface area contributed by atoms with Crippen molar-refractivity contribution >= 4 is 11.2 Å². The van der Waals surface area contributed by atoms with Crippen molar-refractivity contribution in [3.8, 4) is 11.4 Å². The fourth-order valence-corrected chi connectivity index (χ4v) is 1.88. The Morgan fingerprint density at radius 2 is 1.76 bits per heavy atom. The van der Waals surface area contributed by atoms with Gasteiger partial charge in [-0.25, -0.2) is 9.97 Å². The molecule has 0 spiro atoms. The van der Waals surface area contributed by atoms with Crippen molar-refractivity contribution in [2.24, 2.45) is 0 Å². The third-order valence-electron chi connectivity index (χ3n) is 2.93. The zero-order valence-corrected chi connectivity index (χ0v) is 9.86. The van der Waals surface area contributed by atoms with Crippen LogP contribution in [0.2, 0.25) is 0 Å². The largest absolute Gasteiger partial charge is 0.336 e. The Bertz CT molecular complexity index is 666. The van der Waals surface area contributed by atoms with E-state index in [1.165, 1.54) is 11.1 Å². The van der Waals surface area contributed by atoms with Crippen LogP contribution in [-0.4, -0.2) is 15.0 Å². The Hall–Kier alpha value is -2.16. The van der Waals surface area contributed by atoms with E-state index in [1.54, 1.807) is 6.20 Å². The van der Waals surface area contributed by atoms with Crippen LogP contribution in [0.1, 0.15) is 11.1 Å². The summed E-state index contributed by atoms with van der Waals surface area (Å²) < 4.78 is 0. The number of imidazole rings is 1. The van der Waals surface area contributed by atoms with Gasteiger partial charge in [-0.2, -0.15) is 0 Å². The predicted octanol–water partition coefficient (Wildman–Crippen LogP) is 3.24. The highest BCUT2D eigenvalue weighted by Gasteiger charge is 2.07. The van der Waals surface area contributed by atoms with Crippen LogP contribution in [0.25, 0.3) is 22.6 Å². The molecule has 1 N–H and O–H groups in total. The van der Waals surface area contributed by atoms with Gasteiger partial charge < -0.3 is 4.98 Å². The highest BCUT2D eigenvalue weighted by atomic mass is 15.0. The molecule has 0 bridgehead atoms. The van der Waals surface area contributed by atoms with Gasteiger partial charge in [0.15, 0.2) is 5.65 Å². The molecular weight excluding hydrogens is 210 g/mol. The summed E-state index contributed by atoms with van der Waals surface area (Å²) in [6, 6.07) is 10.3. The summed E-state index contributed by atoms with van der Waals surface area (Å²) in [6.07, 6.45) is 1.79. The lowest BCUT2D eigenvalue weighted by molar-refractivity contribution is 1.29. The minimum absolute atomic E-state index is 0.778. The molecule has 0 saturated carbocycles. The number of H-pyrrole nitrogens is 1. The first kappa shape index (κ1) is 10.0. The van der Waals surface area contributed by atoms with E-state index in [1.807, 2.05) is 6.07 Å². The second-order valence-corrected chi connectivity index (χ2v) is 4.28. The van der Waals surface area contributed by atoms with Crippen LogP contribution < -0.4 is 0 Å². The summed E-state index contributed by atoms with van der Waals surface area (Å²) in [7, 11) is 0.